The number of hydrogen-bond acceptors (Lipinski definition) is 5. The summed E-state index contributed by atoms with van der Waals surface area (Å²) < 4.78 is 32.7. The van der Waals surface area contributed by atoms with Crippen LogP contribution in [0.4, 0.5) is 0 Å². The molecule has 0 radical (unpaired) electrons. The van der Waals surface area contributed by atoms with Crippen molar-refractivity contribution in [1.82, 2.24) is 14.3 Å². The Morgan fingerprint density at radius 1 is 1.14 bits per heavy atom. The lowest BCUT2D eigenvalue weighted by Gasteiger charge is -2.26. The quantitative estimate of drug-likeness (QED) is 0.526. The molecular formula is C21H17N3O4S. The smallest absolute Gasteiger partial charge is 0.336 e. The summed E-state index contributed by atoms with van der Waals surface area (Å²) in [6.45, 7) is 0.690. The first-order valence-electron chi connectivity index (χ1n) is 9.18. The Kier molecular flexibility index (Phi) is 4.11. The minimum atomic E-state index is -3.65. The predicted octanol–water partition coefficient (Wildman–Crippen LogP) is 3.15. The van der Waals surface area contributed by atoms with Gasteiger partial charge >= 0.3 is 5.63 Å². The number of fused-ring (bicyclic) bond motifs is 2. The fourth-order valence-electron chi connectivity index (χ4n) is 3.69. The second-order valence-corrected chi connectivity index (χ2v) is 8.84. The molecule has 3 aromatic heterocycles. The molecule has 0 unspecified atom stereocenters. The van der Waals surface area contributed by atoms with Gasteiger partial charge in [-0.05, 0) is 48.4 Å². The highest BCUT2D eigenvalue weighted by Crippen LogP contribution is 2.30. The average Bonchev–Trinajstić information content (AvgIpc) is 3.17. The first kappa shape index (κ1) is 17.8. The zero-order valence-electron chi connectivity index (χ0n) is 15.3. The number of benzene rings is 1. The topological polar surface area (TPSA) is 96.3 Å². The highest BCUT2D eigenvalue weighted by molar-refractivity contribution is 7.89. The zero-order valence-corrected chi connectivity index (χ0v) is 16.1. The molecule has 0 aliphatic carbocycles. The SMILES string of the molecule is O=c1ccc2cc(S(=O)(=O)N3CC=C(c4c[nH]c5ncccc45)CC3)ccc2o1. The van der Waals surface area contributed by atoms with Crippen molar-refractivity contribution in [2.75, 3.05) is 13.1 Å². The molecule has 7 nitrogen and oxygen atoms in total. The van der Waals surface area contributed by atoms with Crippen LogP contribution in [0, 0.1) is 0 Å². The van der Waals surface area contributed by atoms with Crippen molar-refractivity contribution in [3.63, 3.8) is 0 Å². The molecule has 1 aliphatic rings. The van der Waals surface area contributed by atoms with Crippen LogP contribution in [-0.4, -0.2) is 35.8 Å². The van der Waals surface area contributed by atoms with Crippen molar-refractivity contribution in [1.29, 1.82) is 0 Å². The molecule has 29 heavy (non-hydrogen) atoms. The molecule has 4 aromatic rings. The van der Waals surface area contributed by atoms with E-state index in [1.807, 2.05) is 24.4 Å². The highest BCUT2D eigenvalue weighted by atomic mass is 32.2. The standard InChI is InChI=1S/C21H17N3O4S/c25-20-6-3-15-12-16(4-5-19(15)28-20)29(26,27)24-10-7-14(8-11-24)18-13-23-21-17(18)2-1-9-22-21/h1-7,9,12-13H,8,10-11H2,(H,22,23). The van der Waals surface area contributed by atoms with Crippen LogP contribution in [0.1, 0.15) is 12.0 Å². The predicted molar refractivity (Wildman–Crippen MR) is 110 cm³/mol. The van der Waals surface area contributed by atoms with Crippen LogP contribution in [-0.2, 0) is 10.0 Å². The van der Waals surface area contributed by atoms with Gasteiger partial charge in [0.2, 0.25) is 10.0 Å². The van der Waals surface area contributed by atoms with Gasteiger partial charge in [0.15, 0.2) is 0 Å². The van der Waals surface area contributed by atoms with Crippen molar-refractivity contribution >= 4 is 37.6 Å². The molecule has 0 fully saturated rings. The maximum atomic E-state index is 13.1. The average molecular weight is 407 g/mol. The molecule has 1 aromatic carbocycles. The van der Waals surface area contributed by atoms with Gasteiger partial charge in [0.1, 0.15) is 11.2 Å². The number of H-pyrrole nitrogens is 1. The molecule has 0 spiro atoms. The van der Waals surface area contributed by atoms with Gasteiger partial charge in [-0.15, -0.1) is 0 Å². The maximum Gasteiger partial charge on any atom is 0.336 e. The normalized spacial score (nSPS) is 15.7. The van der Waals surface area contributed by atoms with Gasteiger partial charge in [0.25, 0.3) is 0 Å². The Balaban J connectivity index is 1.45. The van der Waals surface area contributed by atoms with E-state index >= 15 is 0 Å². The van der Waals surface area contributed by atoms with Crippen LogP contribution in [0.2, 0.25) is 0 Å². The lowest BCUT2D eigenvalue weighted by molar-refractivity contribution is 0.441. The summed E-state index contributed by atoms with van der Waals surface area (Å²) in [6, 6.07) is 11.3. The first-order chi connectivity index (χ1) is 14.0. The number of sulfonamides is 1. The summed E-state index contributed by atoms with van der Waals surface area (Å²) in [7, 11) is -3.65. The fourth-order valence-corrected chi connectivity index (χ4v) is 5.11. The minimum absolute atomic E-state index is 0.187. The molecule has 1 N–H and O–H groups in total. The number of nitrogens with zero attached hydrogens (tertiary/aromatic N) is 2. The summed E-state index contributed by atoms with van der Waals surface area (Å²) in [5, 5.41) is 1.61. The van der Waals surface area contributed by atoms with E-state index in [1.54, 1.807) is 12.3 Å². The molecule has 0 amide bonds. The minimum Gasteiger partial charge on any atom is -0.423 e. The molecule has 0 atom stereocenters. The second-order valence-electron chi connectivity index (χ2n) is 6.90. The molecule has 0 saturated heterocycles. The third kappa shape index (κ3) is 3.06. The van der Waals surface area contributed by atoms with Crippen LogP contribution in [0.25, 0.3) is 27.6 Å². The van der Waals surface area contributed by atoms with Gasteiger partial charge in [-0.25, -0.2) is 18.2 Å². The van der Waals surface area contributed by atoms with Crippen LogP contribution in [0.5, 0.6) is 0 Å². The third-order valence-electron chi connectivity index (χ3n) is 5.20. The molecule has 0 bridgehead atoms. The second kappa shape index (κ2) is 6.68. The van der Waals surface area contributed by atoms with E-state index in [2.05, 4.69) is 9.97 Å². The largest absolute Gasteiger partial charge is 0.423 e. The lowest BCUT2D eigenvalue weighted by atomic mass is 10.0. The molecule has 0 saturated carbocycles. The molecule has 146 valence electrons. The monoisotopic (exact) mass is 407 g/mol. The number of rotatable bonds is 3. The molecule has 5 rings (SSSR count). The van der Waals surface area contributed by atoms with E-state index in [1.165, 1.54) is 28.6 Å². The lowest BCUT2D eigenvalue weighted by Crippen LogP contribution is -2.34. The van der Waals surface area contributed by atoms with Crippen molar-refractivity contribution in [3.05, 3.63) is 76.9 Å². The van der Waals surface area contributed by atoms with E-state index in [9.17, 15) is 13.2 Å². The number of aromatic nitrogens is 2. The van der Waals surface area contributed by atoms with E-state index in [-0.39, 0.29) is 4.90 Å². The Hall–Kier alpha value is -3.23. The number of nitrogens with one attached hydrogen (secondary N) is 1. The summed E-state index contributed by atoms with van der Waals surface area (Å²) in [6.07, 6.45) is 6.23. The van der Waals surface area contributed by atoms with Gasteiger partial charge in [0, 0.05) is 47.9 Å². The van der Waals surface area contributed by atoms with E-state index in [0.29, 0.717) is 30.5 Å². The summed E-state index contributed by atoms with van der Waals surface area (Å²) in [4.78, 5) is 19.0. The van der Waals surface area contributed by atoms with Gasteiger partial charge in [0.05, 0.1) is 4.90 Å². The Morgan fingerprint density at radius 2 is 2.03 bits per heavy atom. The summed E-state index contributed by atoms with van der Waals surface area (Å²) in [5.74, 6) is 0. The summed E-state index contributed by atoms with van der Waals surface area (Å²) in [5.41, 5.74) is 2.89. The highest BCUT2D eigenvalue weighted by Gasteiger charge is 2.27. The van der Waals surface area contributed by atoms with Crippen LogP contribution >= 0.6 is 0 Å². The van der Waals surface area contributed by atoms with E-state index in [0.717, 1.165) is 22.2 Å². The Labute approximate surface area is 166 Å². The van der Waals surface area contributed by atoms with Gasteiger partial charge in [-0.2, -0.15) is 4.31 Å². The van der Waals surface area contributed by atoms with Crippen LogP contribution < -0.4 is 5.63 Å². The molecule has 1 aliphatic heterocycles. The van der Waals surface area contributed by atoms with E-state index in [4.69, 9.17) is 4.42 Å². The molecule has 8 heteroatoms. The fraction of sp³-hybridized carbons (Fsp3) is 0.143. The maximum absolute atomic E-state index is 13.1. The van der Waals surface area contributed by atoms with Crippen molar-refractivity contribution in [2.45, 2.75) is 11.3 Å². The molecular weight excluding hydrogens is 390 g/mol. The Morgan fingerprint density at radius 3 is 2.86 bits per heavy atom. The number of pyridine rings is 1. The zero-order chi connectivity index (χ0) is 20.0. The van der Waals surface area contributed by atoms with Crippen molar-refractivity contribution in [3.8, 4) is 0 Å². The van der Waals surface area contributed by atoms with Crippen LogP contribution in [0.3, 0.4) is 0 Å². The summed E-state index contributed by atoms with van der Waals surface area (Å²) >= 11 is 0. The van der Waals surface area contributed by atoms with Crippen molar-refractivity contribution in [2.24, 2.45) is 0 Å². The number of aromatic amines is 1. The van der Waals surface area contributed by atoms with Crippen LogP contribution in [0.15, 0.2) is 75.0 Å². The first-order valence-corrected chi connectivity index (χ1v) is 10.6. The van der Waals surface area contributed by atoms with Gasteiger partial charge in [-0.3, -0.25) is 0 Å². The van der Waals surface area contributed by atoms with Gasteiger partial charge in [-0.1, -0.05) is 6.08 Å². The molecule has 4 heterocycles. The van der Waals surface area contributed by atoms with Crippen molar-refractivity contribution < 1.29 is 12.8 Å². The van der Waals surface area contributed by atoms with Gasteiger partial charge < -0.3 is 9.40 Å². The number of hydrogen-bond donors (Lipinski definition) is 1. The Bertz CT molecular complexity index is 1430. The van der Waals surface area contributed by atoms with E-state index < -0.39 is 15.6 Å². The third-order valence-corrected chi connectivity index (χ3v) is 7.06.